The average molecular weight is 428 g/mol. The first-order chi connectivity index (χ1) is 14.4. The van der Waals surface area contributed by atoms with Crippen LogP contribution in [0.3, 0.4) is 0 Å². The van der Waals surface area contributed by atoms with Crippen LogP contribution < -0.4 is 5.32 Å². The van der Waals surface area contributed by atoms with Crippen molar-refractivity contribution in [2.24, 2.45) is 0 Å². The zero-order valence-corrected chi connectivity index (χ0v) is 17.2. The van der Waals surface area contributed by atoms with Gasteiger partial charge in [-0.05, 0) is 56.1 Å². The molecule has 9 heteroatoms. The standard InChI is InChI=1S/C21H22ClN5O3/c1-12-8-13(22)9-16(28)18(12)19-15-5-2-6-23-20(15)21(26-25-19)24-14-4-3-7-27(10-14)11-17(29)30/h2,5-6,8-9,14,28H,3-4,7,10-11H2,1H3,(H,24,26)(H,29,30). The first-order valence-electron chi connectivity index (χ1n) is 9.74. The van der Waals surface area contributed by atoms with E-state index >= 15 is 0 Å². The molecule has 156 valence electrons. The number of aryl methyl sites for hydroxylation is 1. The van der Waals surface area contributed by atoms with Gasteiger partial charge in [-0.3, -0.25) is 14.7 Å². The van der Waals surface area contributed by atoms with E-state index in [1.54, 1.807) is 12.3 Å². The summed E-state index contributed by atoms with van der Waals surface area (Å²) in [7, 11) is 0. The smallest absolute Gasteiger partial charge is 0.317 e. The van der Waals surface area contributed by atoms with Gasteiger partial charge in [0.2, 0.25) is 0 Å². The van der Waals surface area contributed by atoms with E-state index in [0.29, 0.717) is 34.2 Å². The van der Waals surface area contributed by atoms with Crippen molar-refractivity contribution in [1.29, 1.82) is 0 Å². The Morgan fingerprint density at radius 3 is 2.97 bits per heavy atom. The van der Waals surface area contributed by atoms with Crippen molar-refractivity contribution in [3.63, 3.8) is 0 Å². The number of carboxylic acids is 1. The number of likely N-dealkylation sites (tertiary alicyclic amines) is 1. The Morgan fingerprint density at radius 1 is 1.37 bits per heavy atom. The molecule has 1 atom stereocenters. The lowest BCUT2D eigenvalue weighted by Crippen LogP contribution is -2.44. The Kier molecular flexibility index (Phi) is 5.69. The van der Waals surface area contributed by atoms with E-state index in [-0.39, 0.29) is 18.3 Å². The summed E-state index contributed by atoms with van der Waals surface area (Å²) >= 11 is 6.05. The molecule has 3 heterocycles. The highest BCUT2D eigenvalue weighted by Gasteiger charge is 2.23. The van der Waals surface area contributed by atoms with Gasteiger partial charge in [-0.2, -0.15) is 0 Å². The molecule has 0 radical (unpaired) electrons. The van der Waals surface area contributed by atoms with Gasteiger partial charge < -0.3 is 15.5 Å². The van der Waals surface area contributed by atoms with Gasteiger partial charge >= 0.3 is 5.97 Å². The first-order valence-corrected chi connectivity index (χ1v) is 10.1. The van der Waals surface area contributed by atoms with Crippen LogP contribution in [0, 0.1) is 6.92 Å². The number of phenols is 1. The summed E-state index contributed by atoms with van der Waals surface area (Å²) in [5, 5.41) is 32.9. The molecule has 0 amide bonds. The van der Waals surface area contributed by atoms with Crippen LogP contribution in [0.2, 0.25) is 5.02 Å². The number of benzene rings is 1. The fourth-order valence-electron chi connectivity index (χ4n) is 4.00. The SMILES string of the molecule is Cc1cc(Cl)cc(O)c1-c1nnc(NC2CCCN(CC(=O)O)C2)c2ncccc12. The molecule has 0 saturated carbocycles. The molecule has 4 rings (SSSR count). The van der Waals surface area contributed by atoms with Crippen molar-refractivity contribution in [1.82, 2.24) is 20.1 Å². The minimum absolute atomic E-state index is 0.0247. The molecule has 1 aliphatic rings. The molecule has 30 heavy (non-hydrogen) atoms. The van der Waals surface area contributed by atoms with E-state index in [1.165, 1.54) is 6.07 Å². The van der Waals surface area contributed by atoms with Gasteiger partial charge in [0.15, 0.2) is 5.82 Å². The summed E-state index contributed by atoms with van der Waals surface area (Å²) in [6, 6.07) is 7.01. The van der Waals surface area contributed by atoms with Crippen LogP contribution in [0.1, 0.15) is 18.4 Å². The molecule has 0 spiro atoms. The van der Waals surface area contributed by atoms with Crippen LogP contribution in [0.15, 0.2) is 30.5 Å². The van der Waals surface area contributed by atoms with Gasteiger partial charge in [0, 0.05) is 34.8 Å². The Bertz CT molecular complexity index is 1080. The number of piperidine rings is 1. The van der Waals surface area contributed by atoms with Gasteiger partial charge in [0.25, 0.3) is 0 Å². The monoisotopic (exact) mass is 427 g/mol. The fourth-order valence-corrected chi connectivity index (χ4v) is 4.27. The second-order valence-electron chi connectivity index (χ2n) is 7.53. The molecule has 3 N–H and O–H groups in total. The van der Waals surface area contributed by atoms with Crippen molar-refractivity contribution in [2.45, 2.75) is 25.8 Å². The van der Waals surface area contributed by atoms with Crippen molar-refractivity contribution in [2.75, 3.05) is 25.0 Å². The van der Waals surface area contributed by atoms with Crippen molar-refractivity contribution >= 4 is 34.3 Å². The summed E-state index contributed by atoms with van der Waals surface area (Å²) in [6.45, 7) is 3.26. The largest absolute Gasteiger partial charge is 0.507 e. The van der Waals surface area contributed by atoms with Crippen LogP contribution >= 0.6 is 11.6 Å². The third-order valence-electron chi connectivity index (χ3n) is 5.26. The number of aromatic nitrogens is 3. The van der Waals surface area contributed by atoms with E-state index in [0.717, 1.165) is 30.3 Å². The molecular formula is C21H22ClN5O3. The molecular weight excluding hydrogens is 406 g/mol. The summed E-state index contributed by atoms with van der Waals surface area (Å²) in [5.74, 6) is -0.246. The third-order valence-corrected chi connectivity index (χ3v) is 5.48. The number of pyridine rings is 1. The Hall–Kier alpha value is -2.97. The van der Waals surface area contributed by atoms with Gasteiger partial charge in [0.05, 0.1) is 6.54 Å². The number of nitrogens with one attached hydrogen (secondary N) is 1. The minimum atomic E-state index is -0.829. The molecule has 0 bridgehead atoms. The molecule has 1 unspecified atom stereocenters. The van der Waals surface area contributed by atoms with E-state index < -0.39 is 5.97 Å². The predicted octanol–water partition coefficient (Wildman–Crippen LogP) is 3.32. The van der Waals surface area contributed by atoms with E-state index in [2.05, 4.69) is 20.5 Å². The molecule has 1 saturated heterocycles. The van der Waals surface area contributed by atoms with Gasteiger partial charge in [-0.25, -0.2) is 0 Å². The maximum atomic E-state index is 11.0. The molecule has 1 fully saturated rings. The molecule has 1 aromatic carbocycles. The van der Waals surface area contributed by atoms with E-state index in [9.17, 15) is 9.90 Å². The molecule has 3 aromatic rings. The summed E-state index contributed by atoms with van der Waals surface area (Å²) in [5.41, 5.74) is 2.54. The number of carbonyl (C=O) groups is 1. The minimum Gasteiger partial charge on any atom is -0.507 e. The number of hydrogen-bond donors (Lipinski definition) is 3. The van der Waals surface area contributed by atoms with Gasteiger partial charge in [-0.1, -0.05) is 11.6 Å². The number of nitrogens with zero attached hydrogens (tertiary/aromatic N) is 4. The average Bonchev–Trinajstić information content (AvgIpc) is 2.68. The zero-order valence-electron chi connectivity index (χ0n) is 16.5. The number of anilines is 1. The second-order valence-corrected chi connectivity index (χ2v) is 7.96. The van der Waals surface area contributed by atoms with E-state index in [1.807, 2.05) is 24.0 Å². The molecule has 0 aliphatic carbocycles. The van der Waals surface area contributed by atoms with Crippen molar-refractivity contribution in [3.8, 4) is 17.0 Å². The number of rotatable bonds is 5. The quantitative estimate of drug-likeness (QED) is 0.568. The highest BCUT2D eigenvalue weighted by Crippen LogP contribution is 2.38. The highest BCUT2D eigenvalue weighted by atomic mass is 35.5. The lowest BCUT2D eigenvalue weighted by atomic mass is 10.0. The fraction of sp³-hybridized carbons (Fsp3) is 0.333. The van der Waals surface area contributed by atoms with Gasteiger partial charge in [0.1, 0.15) is 17.0 Å². The Labute approximate surface area is 178 Å². The number of carboxylic acid groups (broad SMARTS) is 1. The number of aliphatic carboxylic acids is 1. The third kappa shape index (κ3) is 4.15. The maximum Gasteiger partial charge on any atom is 0.317 e. The summed E-state index contributed by atoms with van der Waals surface area (Å²) < 4.78 is 0. The molecule has 8 nitrogen and oxygen atoms in total. The van der Waals surface area contributed by atoms with E-state index in [4.69, 9.17) is 16.7 Å². The van der Waals surface area contributed by atoms with Crippen LogP contribution in [0.5, 0.6) is 5.75 Å². The molecule has 1 aliphatic heterocycles. The molecule has 2 aromatic heterocycles. The number of aromatic hydroxyl groups is 1. The van der Waals surface area contributed by atoms with Crippen LogP contribution in [-0.2, 0) is 4.79 Å². The number of halogens is 1. The van der Waals surface area contributed by atoms with Crippen LogP contribution in [0.4, 0.5) is 5.82 Å². The van der Waals surface area contributed by atoms with Crippen molar-refractivity contribution < 1.29 is 15.0 Å². The lowest BCUT2D eigenvalue weighted by Gasteiger charge is -2.32. The summed E-state index contributed by atoms with van der Waals surface area (Å²) in [4.78, 5) is 17.4. The second kappa shape index (κ2) is 8.41. The predicted molar refractivity (Wildman–Crippen MR) is 115 cm³/mol. The van der Waals surface area contributed by atoms with Crippen molar-refractivity contribution in [3.05, 3.63) is 41.0 Å². The van der Waals surface area contributed by atoms with Crippen LogP contribution in [0.25, 0.3) is 22.2 Å². The normalized spacial score (nSPS) is 17.2. The first kappa shape index (κ1) is 20.3. The maximum absolute atomic E-state index is 11.0. The Balaban J connectivity index is 1.69. The number of phenolic OH excluding ortho intramolecular Hbond substituents is 1. The number of fused-ring (bicyclic) bond motifs is 1. The zero-order chi connectivity index (χ0) is 21.3. The summed E-state index contributed by atoms with van der Waals surface area (Å²) in [6.07, 6.45) is 3.50. The topological polar surface area (TPSA) is 111 Å². The van der Waals surface area contributed by atoms with Crippen LogP contribution in [-0.4, -0.2) is 61.9 Å². The van der Waals surface area contributed by atoms with Gasteiger partial charge in [-0.15, -0.1) is 10.2 Å². The Morgan fingerprint density at radius 2 is 2.20 bits per heavy atom. The highest BCUT2D eigenvalue weighted by molar-refractivity contribution is 6.31. The lowest BCUT2D eigenvalue weighted by molar-refractivity contribution is -0.138. The number of hydrogen-bond acceptors (Lipinski definition) is 7.